The van der Waals surface area contributed by atoms with Crippen LogP contribution in [0.25, 0.3) is 11.1 Å². The molecule has 1 heterocycles. The number of hydrogen-bond donors (Lipinski definition) is 3. The number of amidine groups is 1. The van der Waals surface area contributed by atoms with Crippen LogP contribution >= 0.6 is 11.6 Å². The van der Waals surface area contributed by atoms with Gasteiger partial charge >= 0.3 is 0 Å². The number of pyridine rings is 1. The maximum absolute atomic E-state index is 8.90. The van der Waals surface area contributed by atoms with Gasteiger partial charge in [0.1, 0.15) is 5.84 Å². The molecular weight excluding hydrogens is 396 g/mol. The molecule has 1 aliphatic rings. The summed E-state index contributed by atoms with van der Waals surface area (Å²) in [5, 5.41) is 12.7. The number of aliphatic hydroxyl groups excluding tert-OH is 1. The van der Waals surface area contributed by atoms with E-state index >= 15 is 0 Å². The van der Waals surface area contributed by atoms with Crippen molar-refractivity contribution in [1.29, 1.82) is 0 Å². The molecule has 30 heavy (non-hydrogen) atoms. The molecule has 3 aromatic rings. The Labute approximate surface area is 181 Å². The zero-order valence-corrected chi connectivity index (χ0v) is 17.5. The lowest BCUT2D eigenvalue weighted by Crippen LogP contribution is -2.17. The first-order valence-corrected chi connectivity index (χ1v) is 10.6. The zero-order chi connectivity index (χ0) is 20.9. The number of benzene rings is 2. The lowest BCUT2D eigenvalue weighted by atomic mass is 9.95. The normalized spacial score (nSPS) is 13.5. The Kier molecular flexibility index (Phi) is 6.43. The van der Waals surface area contributed by atoms with Gasteiger partial charge in [0, 0.05) is 30.4 Å². The summed E-state index contributed by atoms with van der Waals surface area (Å²) in [5.74, 6) is 0.861. The van der Waals surface area contributed by atoms with Crippen molar-refractivity contribution in [2.24, 2.45) is 10.7 Å². The van der Waals surface area contributed by atoms with Crippen LogP contribution < -0.4 is 11.1 Å². The van der Waals surface area contributed by atoms with Crippen molar-refractivity contribution in [3.8, 4) is 11.1 Å². The van der Waals surface area contributed by atoms with Gasteiger partial charge in [0.2, 0.25) is 0 Å². The Morgan fingerprint density at radius 1 is 1.13 bits per heavy atom. The fraction of sp³-hybridized carbons (Fsp3) is 0.250. The van der Waals surface area contributed by atoms with Crippen LogP contribution in [-0.4, -0.2) is 29.1 Å². The van der Waals surface area contributed by atoms with Gasteiger partial charge in [-0.15, -0.1) is 0 Å². The number of nitrogens with two attached hydrogens (primary N) is 1. The van der Waals surface area contributed by atoms with E-state index in [2.05, 4.69) is 33.5 Å². The fourth-order valence-corrected chi connectivity index (χ4v) is 4.26. The second-order valence-electron chi connectivity index (χ2n) is 7.38. The van der Waals surface area contributed by atoms with E-state index in [-0.39, 0.29) is 6.61 Å². The lowest BCUT2D eigenvalue weighted by Gasteiger charge is -2.13. The molecule has 4 rings (SSSR count). The molecule has 6 heteroatoms. The number of halogens is 1. The van der Waals surface area contributed by atoms with Crippen LogP contribution in [0.2, 0.25) is 5.02 Å². The second-order valence-corrected chi connectivity index (χ2v) is 7.76. The Hall–Kier alpha value is -2.73. The van der Waals surface area contributed by atoms with Crippen molar-refractivity contribution < 1.29 is 5.11 Å². The van der Waals surface area contributed by atoms with Crippen molar-refractivity contribution in [3.63, 3.8) is 0 Å². The summed E-state index contributed by atoms with van der Waals surface area (Å²) in [4.78, 5) is 8.81. The molecule has 0 bridgehead atoms. The minimum Gasteiger partial charge on any atom is -0.395 e. The standard InChI is InChI=1S/C24H25ClN4O/c25-23-20(19-7-2-5-17-4-1-6-18(17)19)8-3-9-21(23)24(26)29-22-14-16(10-11-28-22)15-27-12-13-30/h2-3,5,7-11,14,27,30H,1,4,6,12-13,15H2,(H2,26,28,29). The average Bonchev–Trinajstić information content (AvgIpc) is 3.23. The smallest absolute Gasteiger partial charge is 0.154 e. The molecule has 0 atom stereocenters. The summed E-state index contributed by atoms with van der Waals surface area (Å²) in [7, 11) is 0. The van der Waals surface area contributed by atoms with Crippen LogP contribution in [0.5, 0.6) is 0 Å². The highest BCUT2D eigenvalue weighted by Gasteiger charge is 2.18. The molecule has 0 aliphatic heterocycles. The number of hydrogen-bond acceptors (Lipinski definition) is 4. The summed E-state index contributed by atoms with van der Waals surface area (Å²) in [6.45, 7) is 1.26. The van der Waals surface area contributed by atoms with Crippen LogP contribution in [0, 0.1) is 0 Å². The van der Waals surface area contributed by atoms with E-state index in [1.807, 2.05) is 30.3 Å². The van der Waals surface area contributed by atoms with Crippen molar-refractivity contribution >= 4 is 23.3 Å². The van der Waals surface area contributed by atoms with Gasteiger partial charge in [-0.05, 0) is 59.7 Å². The number of aliphatic hydroxyl groups is 1. The Bertz CT molecular complexity index is 1080. The molecule has 0 unspecified atom stereocenters. The number of fused-ring (bicyclic) bond motifs is 1. The minimum atomic E-state index is 0.0997. The lowest BCUT2D eigenvalue weighted by molar-refractivity contribution is 0.292. The van der Waals surface area contributed by atoms with Crippen molar-refractivity contribution in [2.75, 3.05) is 13.2 Å². The minimum absolute atomic E-state index is 0.0997. The average molecular weight is 421 g/mol. The van der Waals surface area contributed by atoms with Gasteiger partial charge in [0.25, 0.3) is 0 Å². The highest BCUT2D eigenvalue weighted by molar-refractivity contribution is 6.36. The Morgan fingerprint density at radius 3 is 2.83 bits per heavy atom. The predicted molar refractivity (Wildman–Crippen MR) is 122 cm³/mol. The van der Waals surface area contributed by atoms with E-state index < -0.39 is 0 Å². The van der Waals surface area contributed by atoms with E-state index in [9.17, 15) is 0 Å². The zero-order valence-electron chi connectivity index (χ0n) is 16.7. The summed E-state index contributed by atoms with van der Waals surface area (Å²) in [6.07, 6.45) is 5.09. The van der Waals surface area contributed by atoms with E-state index in [1.165, 1.54) is 23.1 Å². The van der Waals surface area contributed by atoms with Crippen LogP contribution in [0.15, 0.2) is 59.7 Å². The Morgan fingerprint density at radius 2 is 1.97 bits per heavy atom. The van der Waals surface area contributed by atoms with Gasteiger partial charge in [-0.25, -0.2) is 9.98 Å². The van der Waals surface area contributed by atoms with Crippen LogP contribution in [-0.2, 0) is 19.4 Å². The van der Waals surface area contributed by atoms with Gasteiger partial charge in [-0.1, -0.05) is 41.9 Å². The predicted octanol–water partition coefficient (Wildman–Crippen LogP) is 4.01. The highest BCUT2D eigenvalue weighted by atomic mass is 35.5. The number of rotatable bonds is 7. The molecule has 4 N–H and O–H groups in total. The first-order valence-electron chi connectivity index (χ1n) is 10.2. The molecule has 0 amide bonds. The fourth-order valence-electron chi connectivity index (χ4n) is 3.94. The molecule has 0 radical (unpaired) electrons. The van der Waals surface area contributed by atoms with Gasteiger partial charge in [-0.3, -0.25) is 0 Å². The Balaban J connectivity index is 1.65. The van der Waals surface area contributed by atoms with Gasteiger partial charge < -0.3 is 16.2 Å². The number of nitrogens with zero attached hydrogens (tertiary/aromatic N) is 2. The molecule has 0 saturated carbocycles. The van der Waals surface area contributed by atoms with Gasteiger partial charge in [-0.2, -0.15) is 0 Å². The van der Waals surface area contributed by atoms with E-state index in [0.717, 1.165) is 24.0 Å². The summed E-state index contributed by atoms with van der Waals surface area (Å²) >= 11 is 6.81. The quantitative estimate of drug-likeness (QED) is 0.306. The van der Waals surface area contributed by atoms with Crippen LogP contribution in [0.1, 0.15) is 28.7 Å². The molecule has 154 valence electrons. The first-order chi connectivity index (χ1) is 14.7. The number of aliphatic imine (C=N–C) groups is 1. The monoisotopic (exact) mass is 420 g/mol. The molecule has 0 fully saturated rings. The van der Waals surface area contributed by atoms with E-state index in [4.69, 9.17) is 22.4 Å². The summed E-state index contributed by atoms with van der Waals surface area (Å²) in [5.41, 5.74) is 13.0. The van der Waals surface area contributed by atoms with Crippen molar-refractivity contribution in [1.82, 2.24) is 10.3 Å². The topological polar surface area (TPSA) is 83.5 Å². The van der Waals surface area contributed by atoms with Crippen LogP contribution in [0.4, 0.5) is 5.82 Å². The first kappa shape index (κ1) is 20.5. The largest absolute Gasteiger partial charge is 0.395 e. The summed E-state index contributed by atoms with van der Waals surface area (Å²) < 4.78 is 0. The molecule has 0 spiro atoms. The number of nitrogens with one attached hydrogen (secondary N) is 1. The SMILES string of the molecule is NC(=Nc1cc(CNCCO)ccn1)c1cccc(-c2cccc3c2CCC3)c1Cl. The third kappa shape index (κ3) is 4.38. The number of aromatic nitrogens is 1. The second kappa shape index (κ2) is 9.39. The molecule has 0 saturated heterocycles. The molecule has 1 aliphatic carbocycles. The third-order valence-corrected chi connectivity index (χ3v) is 5.78. The highest BCUT2D eigenvalue weighted by Crippen LogP contribution is 2.37. The molecule has 1 aromatic heterocycles. The number of aryl methyl sites for hydroxylation is 1. The van der Waals surface area contributed by atoms with Crippen LogP contribution in [0.3, 0.4) is 0 Å². The van der Waals surface area contributed by atoms with Crippen molar-refractivity contribution in [2.45, 2.75) is 25.8 Å². The maximum Gasteiger partial charge on any atom is 0.154 e. The van der Waals surface area contributed by atoms with Gasteiger partial charge in [0.15, 0.2) is 5.82 Å². The third-order valence-electron chi connectivity index (χ3n) is 5.37. The summed E-state index contributed by atoms with van der Waals surface area (Å²) in [6, 6.07) is 16.1. The van der Waals surface area contributed by atoms with Crippen molar-refractivity contribution in [3.05, 3.63) is 82.0 Å². The molecule has 5 nitrogen and oxygen atoms in total. The molecular formula is C24H25ClN4O. The molecule has 2 aromatic carbocycles. The maximum atomic E-state index is 8.90. The van der Waals surface area contributed by atoms with Gasteiger partial charge in [0.05, 0.1) is 11.6 Å². The van der Waals surface area contributed by atoms with E-state index in [1.54, 1.807) is 6.20 Å². The van der Waals surface area contributed by atoms with E-state index in [0.29, 0.717) is 35.3 Å².